The van der Waals surface area contributed by atoms with Crippen LogP contribution in [0.4, 0.5) is 0 Å². The molecule has 80 heavy (non-hydrogen) atoms. The second-order valence-corrected chi connectivity index (χ2v) is 24.5. The summed E-state index contributed by atoms with van der Waals surface area (Å²) in [5.74, 6) is -0.816. The van der Waals surface area contributed by atoms with E-state index in [-0.39, 0.29) is 38.6 Å². The first-order chi connectivity index (χ1) is 39.3. The number of nitrogens with two attached hydrogens (primary N) is 1. The number of allylic oxidation sites excluding steroid dienone is 10. The van der Waals surface area contributed by atoms with Gasteiger partial charge in [-0.1, -0.05) is 312 Å². The molecule has 0 aliphatic heterocycles. The van der Waals surface area contributed by atoms with Gasteiger partial charge in [0, 0.05) is 19.4 Å². The Bertz CT molecular complexity index is 1490. The van der Waals surface area contributed by atoms with Crippen LogP contribution in [0.3, 0.4) is 0 Å². The molecule has 0 amide bonds. The number of unbranched alkanes of at least 4 members (excludes halogenated alkanes) is 42. The Hall–Kier alpha value is -2.29. The van der Waals surface area contributed by atoms with Gasteiger partial charge in [-0.05, 0) is 77.0 Å². The van der Waals surface area contributed by atoms with Gasteiger partial charge in [0.25, 0.3) is 0 Å². The second kappa shape index (κ2) is 65.9. The van der Waals surface area contributed by atoms with Gasteiger partial charge in [-0.3, -0.25) is 18.6 Å². The highest BCUT2D eigenvalue weighted by molar-refractivity contribution is 7.47. The van der Waals surface area contributed by atoms with E-state index in [1.54, 1.807) is 0 Å². The predicted octanol–water partition coefficient (Wildman–Crippen LogP) is 22.2. The second-order valence-electron chi connectivity index (χ2n) is 23.0. The fourth-order valence-electron chi connectivity index (χ4n) is 10.1. The number of carbonyl (C=O) groups excluding carboxylic acids is 2. The molecule has 0 aromatic rings. The third-order valence-corrected chi connectivity index (χ3v) is 16.1. The van der Waals surface area contributed by atoms with E-state index in [9.17, 15) is 19.0 Å². The first-order valence-corrected chi connectivity index (χ1v) is 35.8. The van der Waals surface area contributed by atoms with Crippen LogP contribution >= 0.6 is 7.82 Å². The SMILES string of the molecule is CC/C=C\C/C=C\C/C=C\C/C=C\CCCCCCCCCCCCCCCCCCCCCCCCCCCCCCC(=O)OC(COC(=O)CCCCCCCCC/C=C\CCCCCCCCC)COP(=O)(O)OCCN. The topological polar surface area (TPSA) is 134 Å². The Balaban J connectivity index is 3.74. The number of hydrogen-bond acceptors (Lipinski definition) is 8. The smallest absolute Gasteiger partial charge is 0.462 e. The van der Waals surface area contributed by atoms with Crippen LogP contribution in [-0.2, 0) is 32.7 Å². The largest absolute Gasteiger partial charge is 0.472 e. The number of hydrogen-bond donors (Lipinski definition) is 2. The van der Waals surface area contributed by atoms with Crippen molar-refractivity contribution in [2.24, 2.45) is 5.73 Å². The highest BCUT2D eigenvalue weighted by Crippen LogP contribution is 2.43. The minimum absolute atomic E-state index is 0.0543. The lowest BCUT2D eigenvalue weighted by Gasteiger charge is -2.19. The van der Waals surface area contributed by atoms with Crippen LogP contribution in [0.1, 0.15) is 341 Å². The summed E-state index contributed by atoms with van der Waals surface area (Å²) in [5, 5.41) is 0. The van der Waals surface area contributed by atoms with Crippen LogP contribution in [0, 0.1) is 0 Å². The molecule has 0 radical (unpaired) electrons. The molecule has 0 heterocycles. The third kappa shape index (κ3) is 64.9. The highest BCUT2D eigenvalue weighted by Gasteiger charge is 2.26. The minimum atomic E-state index is -4.39. The van der Waals surface area contributed by atoms with Gasteiger partial charge >= 0.3 is 19.8 Å². The molecule has 0 rings (SSSR count). The molecule has 0 aliphatic rings. The number of phosphoric acid groups is 1. The Morgan fingerprint density at radius 2 is 0.688 bits per heavy atom. The lowest BCUT2D eigenvalue weighted by Crippen LogP contribution is -2.29. The van der Waals surface area contributed by atoms with Crippen LogP contribution in [0.25, 0.3) is 0 Å². The molecule has 9 nitrogen and oxygen atoms in total. The average Bonchev–Trinajstić information content (AvgIpc) is 3.45. The summed E-state index contributed by atoms with van der Waals surface area (Å²) in [6, 6.07) is 0. The van der Waals surface area contributed by atoms with Crippen LogP contribution in [-0.4, -0.2) is 49.3 Å². The van der Waals surface area contributed by atoms with E-state index in [0.717, 1.165) is 64.2 Å². The number of carbonyl (C=O) groups is 2. The molecule has 0 aromatic carbocycles. The highest BCUT2D eigenvalue weighted by atomic mass is 31.2. The molecule has 10 heteroatoms. The van der Waals surface area contributed by atoms with Crippen molar-refractivity contribution >= 4 is 19.8 Å². The van der Waals surface area contributed by atoms with Crippen LogP contribution in [0.15, 0.2) is 60.8 Å². The molecule has 0 aromatic heterocycles. The lowest BCUT2D eigenvalue weighted by molar-refractivity contribution is -0.161. The number of rotatable bonds is 65. The van der Waals surface area contributed by atoms with Crippen molar-refractivity contribution < 1.29 is 37.6 Å². The summed E-state index contributed by atoms with van der Waals surface area (Å²) < 4.78 is 33.1. The first-order valence-electron chi connectivity index (χ1n) is 34.3. The van der Waals surface area contributed by atoms with Crippen LogP contribution in [0.5, 0.6) is 0 Å². The molecule has 0 spiro atoms. The zero-order valence-corrected chi connectivity index (χ0v) is 53.5. The molecule has 2 unspecified atom stereocenters. The van der Waals surface area contributed by atoms with Crippen LogP contribution in [0.2, 0.25) is 0 Å². The van der Waals surface area contributed by atoms with Gasteiger partial charge in [0.05, 0.1) is 13.2 Å². The van der Waals surface area contributed by atoms with Gasteiger partial charge in [0.1, 0.15) is 6.61 Å². The van der Waals surface area contributed by atoms with E-state index in [4.69, 9.17) is 24.3 Å². The van der Waals surface area contributed by atoms with Crippen LogP contribution < -0.4 is 5.73 Å². The summed E-state index contributed by atoms with van der Waals surface area (Å²) in [6.07, 6.45) is 84.7. The van der Waals surface area contributed by atoms with Crippen molar-refractivity contribution in [3.05, 3.63) is 60.8 Å². The molecular formula is C70H130NO8P. The maximum absolute atomic E-state index is 12.7. The molecule has 0 fully saturated rings. The van der Waals surface area contributed by atoms with Gasteiger partial charge in [0.2, 0.25) is 0 Å². The summed E-state index contributed by atoms with van der Waals surface area (Å²) >= 11 is 0. The Morgan fingerprint density at radius 3 is 1.04 bits per heavy atom. The Labute approximate surface area is 495 Å². The van der Waals surface area contributed by atoms with E-state index in [1.165, 1.54) is 244 Å². The fourth-order valence-corrected chi connectivity index (χ4v) is 10.9. The maximum atomic E-state index is 12.7. The van der Waals surface area contributed by atoms with Gasteiger partial charge in [-0.15, -0.1) is 0 Å². The standard InChI is InChI=1S/C70H130NO8P/c1-3-5-7-9-11-13-15-17-19-21-23-24-25-26-27-28-29-30-31-32-33-34-35-36-37-38-39-40-41-42-43-44-45-47-49-51-53-55-57-59-61-63-70(73)79-68(67-78-80(74,75)77-65-64-71)66-76-69(72)62-60-58-56-54-52-50-48-46-22-20-18-16-14-12-10-8-6-4-2/h5,7,11,13,17,19-20,22-24,68H,3-4,6,8-10,12,14-16,18,21,25-67,71H2,1-2H3,(H,74,75)/b7-5-,13-11-,19-17-,22-20-,24-23-. The molecule has 3 N–H and O–H groups in total. The molecular weight excluding hydrogens is 1010 g/mol. The monoisotopic (exact) mass is 1140 g/mol. The number of ether oxygens (including phenoxy) is 2. The maximum Gasteiger partial charge on any atom is 0.472 e. The van der Waals surface area contributed by atoms with Gasteiger partial charge in [0.15, 0.2) is 6.10 Å². The summed E-state index contributed by atoms with van der Waals surface area (Å²) in [6.45, 7) is 3.67. The Kier molecular flexibility index (Phi) is 64.0. The minimum Gasteiger partial charge on any atom is -0.462 e. The van der Waals surface area contributed by atoms with Crippen molar-refractivity contribution in [2.45, 2.75) is 347 Å². The molecule has 0 aliphatic carbocycles. The van der Waals surface area contributed by atoms with Gasteiger partial charge < -0.3 is 20.1 Å². The summed E-state index contributed by atoms with van der Waals surface area (Å²) in [4.78, 5) is 35.3. The number of esters is 2. The lowest BCUT2D eigenvalue weighted by atomic mass is 10.0. The molecule has 2 atom stereocenters. The zero-order chi connectivity index (χ0) is 58.0. The zero-order valence-electron chi connectivity index (χ0n) is 52.6. The number of phosphoric ester groups is 1. The summed E-state index contributed by atoms with van der Waals surface area (Å²) in [5.41, 5.74) is 5.39. The van der Waals surface area contributed by atoms with Crippen molar-refractivity contribution in [1.29, 1.82) is 0 Å². The van der Waals surface area contributed by atoms with Gasteiger partial charge in [-0.25, -0.2) is 4.57 Å². The van der Waals surface area contributed by atoms with E-state index in [1.807, 2.05) is 0 Å². The Morgan fingerprint density at radius 1 is 0.388 bits per heavy atom. The van der Waals surface area contributed by atoms with E-state index in [0.29, 0.717) is 6.42 Å². The molecule has 0 bridgehead atoms. The molecule has 468 valence electrons. The normalized spacial score (nSPS) is 13.3. The van der Waals surface area contributed by atoms with Crippen molar-refractivity contribution in [3.8, 4) is 0 Å². The van der Waals surface area contributed by atoms with Crippen molar-refractivity contribution in [2.75, 3.05) is 26.4 Å². The third-order valence-electron chi connectivity index (χ3n) is 15.1. The fraction of sp³-hybridized carbons (Fsp3) is 0.829. The molecule has 0 saturated carbocycles. The predicted molar refractivity (Wildman–Crippen MR) is 344 cm³/mol. The van der Waals surface area contributed by atoms with E-state index < -0.39 is 26.5 Å². The van der Waals surface area contributed by atoms with Crippen molar-refractivity contribution in [3.63, 3.8) is 0 Å². The van der Waals surface area contributed by atoms with Gasteiger partial charge in [-0.2, -0.15) is 0 Å². The first kappa shape index (κ1) is 77.7. The molecule has 0 saturated heterocycles. The van der Waals surface area contributed by atoms with Crippen molar-refractivity contribution in [1.82, 2.24) is 0 Å². The summed E-state index contributed by atoms with van der Waals surface area (Å²) in [7, 11) is -4.39. The quantitative estimate of drug-likeness (QED) is 0.0264. The van der Waals surface area contributed by atoms with E-state index in [2.05, 4.69) is 74.6 Å². The van der Waals surface area contributed by atoms with E-state index >= 15 is 0 Å². The average molecular weight is 1140 g/mol.